The van der Waals surface area contributed by atoms with Crippen LogP contribution in [0.1, 0.15) is 92.1 Å². The first kappa shape index (κ1) is 30.1. The van der Waals surface area contributed by atoms with Gasteiger partial charge in [0.1, 0.15) is 16.4 Å². The molecule has 0 aromatic carbocycles. The van der Waals surface area contributed by atoms with Crippen molar-refractivity contribution in [3.8, 4) is 23.6 Å². The monoisotopic (exact) mass is 605 g/mol. The lowest BCUT2D eigenvalue weighted by atomic mass is 9.69. The number of ether oxygens (including phenoxy) is 1. The van der Waals surface area contributed by atoms with E-state index in [1.165, 1.54) is 18.2 Å². The van der Waals surface area contributed by atoms with E-state index < -0.39 is 17.6 Å². The van der Waals surface area contributed by atoms with E-state index in [1.54, 1.807) is 4.90 Å². The van der Waals surface area contributed by atoms with Crippen LogP contribution in [0.4, 0.5) is 18.9 Å². The van der Waals surface area contributed by atoms with E-state index in [0.29, 0.717) is 50.9 Å². The third-order valence-electron chi connectivity index (χ3n) is 8.87. The summed E-state index contributed by atoms with van der Waals surface area (Å²) in [6.07, 6.45) is 1.11. The van der Waals surface area contributed by atoms with Gasteiger partial charge in [0.05, 0.1) is 10.6 Å². The normalized spacial score (nSPS) is 25.4. The zero-order valence-electron chi connectivity index (χ0n) is 23.3. The summed E-state index contributed by atoms with van der Waals surface area (Å²) in [7, 11) is 0. The van der Waals surface area contributed by atoms with E-state index >= 15 is 0 Å². The van der Waals surface area contributed by atoms with Gasteiger partial charge in [-0.1, -0.05) is 18.8 Å². The van der Waals surface area contributed by atoms with Crippen molar-refractivity contribution in [1.29, 1.82) is 0 Å². The van der Waals surface area contributed by atoms with Crippen LogP contribution in [0.15, 0.2) is 18.2 Å². The Morgan fingerprint density at radius 2 is 1.76 bits per heavy atom. The molecular weight excluding hydrogens is 571 g/mol. The van der Waals surface area contributed by atoms with E-state index in [0.717, 1.165) is 24.2 Å². The molecule has 0 bridgehead atoms. The molecule has 3 fully saturated rings. The summed E-state index contributed by atoms with van der Waals surface area (Å²) in [5, 5.41) is 26.9. The molecule has 0 atom stereocenters. The average Bonchev–Trinajstić information content (AvgIpc) is 3.34. The van der Waals surface area contributed by atoms with Gasteiger partial charge in [-0.25, -0.2) is 4.79 Å². The Morgan fingerprint density at radius 1 is 1.07 bits per heavy atom. The van der Waals surface area contributed by atoms with Crippen LogP contribution in [0, 0.1) is 29.1 Å². The highest BCUT2D eigenvalue weighted by atomic mass is 32.1. The number of amides is 1. The van der Waals surface area contributed by atoms with Crippen molar-refractivity contribution in [1.82, 2.24) is 10.2 Å². The van der Waals surface area contributed by atoms with Crippen LogP contribution >= 0.6 is 11.3 Å². The highest BCUT2D eigenvalue weighted by Gasteiger charge is 2.57. The Kier molecular flexibility index (Phi) is 8.69. The van der Waals surface area contributed by atoms with Crippen LogP contribution in [0.3, 0.4) is 0 Å². The van der Waals surface area contributed by atoms with Crippen molar-refractivity contribution in [3.63, 3.8) is 0 Å². The minimum Gasteiger partial charge on any atom is -0.492 e. The van der Waals surface area contributed by atoms with Gasteiger partial charge in [0.2, 0.25) is 17.7 Å². The van der Waals surface area contributed by atoms with Crippen molar-refractivity contribution in [2.45, 2.75) is 95.9 Å². The van der Waals surface area contributed by atoms with Gasteiger partial charge in [-0.15, -0.1) is 21.5 Å². The number of carbonyl (C=O) groups is 2. The number of aromatic carboxylic acids is 1. The summed E-state index contributed by atoms with van der Waals surface area (Å²) in [5.74, 6) is 3.99. The molecular formula is C30H34F3N3O5S. The lowest BCUT2D eigenvalue weighted by Gasteiger charge is -2.39. The quantitative estimate of drug-likeness (QED) is 0.358. The van der Waals surface area contributed by atoms with Crippen LogP contribution in [-0.4, -0.2) is 50.6 Å². The molecule has 3 aliphatic rings. The number of rotatable bonds is 6. The summed E-state index contributed by atoms with van der Waals surface area (Å²) in [6, 6.07) is 4.09. The number of aromatic hydroxyl groups is 1. The second-order valence-corrected chi connectivity index (χ2v) is 12.8. The van der Waals surface area contributed by atoms with Gasteiger partial charge in [-0.05, 0) is 82.6 Å². The van der Waals surface area contributed by atoms with Gasteiger partial charge in [0.25, 0.3) is 0 Å². The second-order valence-electron chi connectivity index (χ2n) is 11.8. The van der Waals surface area contributed by atoms with Crippen molar-refractivity contribution >= 4 is 28.9 Å². The first-order valence-electron chi connectivity index (χ1n) is 14.5. The molecule has 0 spiro atoms. The summed E-state index contributed by atoms with van der Waals surface area (Å²) in [5.41, 5.74) is -1.85. The van der Waals surface area contributed by atoms with Gasteiger partial charge >= 0.3 is 12.1 Å². The lowest BCUT2D eigenvalue weighted by molar-refractivity contribution is -0.225. The number of carboxylic acids is 1. The highest BCUT2D eigenvalue weighted by Crippen LogP contribution is 2.52. The van der Waals surface area contributed by atoms with Gasteiger partial charge in [-0.3, -0.25) is 4.79 Å². The van der Waals surface area contributed by atoms with Gasteiger partial charge in [0, 0.05) is 24.1 Å². The summed E-state index contributed by atoms with van der Waals surface area (Å²) in [4.78, 5) is 28.2. The molecule has 5 rings (SSSR count). The molecule has 0 saturated heterocycles. The topological polar surface area (TPSA) is 113 Å². The number of hydrogen-bond donors (Lipinski definition) is 2. The van der Waals surface area contributed by atoms with Crippen LogP contribution in [0.5, 0.6) is 11.8 Å². The number of nitrogens with zero attached hydrogens (tertiary/aromatic N) is 3. The number of carbonyl (C=O) groups excluding carboxylic acids is 1. The maximum absolute atomic E-state index is 14.1. The minimum absolute atomic E-state index is 0.0702. The number of thiophene rings is 1. The van der Waals surface area contributed by atoms with Crippen LogP contribution in [-0.2, 0) is 4.79 Å². The second kappa shape index (κ2) is 12.1. The summed E-state index contributed by atoms with van der Waals surface area (Å²) in [6.45, 7) is 2.15. The van der Waals surface area contributed by atoms with Crippen LogP contribution in [0.25, 0.3) is 0 Å². The molecule has 2 heterocycles. The molecule has 0 aliphatic heterocycles. The van der Waals surface area contributed by atoms with E-state index in [4.69, 9.17) is 4.74 Å². The number of alkyl halides is 3. The third kappa shape index (κ3) is 6.36. The number of aromatic nitrogens is 2. The number of anilines is 1. The van der Waals surface area contributed by atoms with Gasteiger partial charge < -0.3 is 19.8 Å². The lowest BCUT2D eigenvalue weighted by Crippen LogP contribution is -2.47. The molecule has 1 amide bonds. The zero-order chi connectivity index (χ0) is 30.1. The molecule has 2 aromatic rings. The number of carboxylic acid groups (broad SMARTS) is 1. The van der Waals surface area contributed by atoms with E-state index in [-0.39, 0.29) is 64.0 Å². The predicted octanol–water partition coefficient (Wildman–Crippen LogP) is 6.58. The number of hydrogen-bond acceptors (Lipinski definition) is 7. The minimum atomic E-state index is -4.46. The van der Waals surface area contributed by atoms with E-state index in [9.17, 15) is 33.0 Å². The fraction of sp³-hybridized carbons (Fsp3) is 0.600. The van der Waals surface area contributed by atoms with E-state index in [2.05, 4.69) is 29.0 Å². The molecule has 0 unspecified atom stereocenters. The fourth-order valence-electron chi connectivity index (χ4n) is 6.13. The molecule has 2 N–H and O–H groups in total. The maximum atomic E-state index is 14.1. The van der Waals surface area contributed by atoms with Crippen molar-refractivity contribution in [2.24, 2.45) is 17.3 Å². The Labute approximate surface area is 246 Å². The SMILES string of the molecule is C[C@H]1CC[C@H](C(=O)N(c2cc(C#CC3(C(F)(F)F)CCC3)sc2C(=O)O)[C@H]2CC[C@H](Oc3ccc(O)nn3)CC2)CC1. The largest absolute Gasteiger partial charge is 0.492 e. The first-order valence-corrected chi connectivity index (χ1v) is 15.3. The molecule has 3 saturated carbocycles. The summed E-state index contributed by atoms with van der Waals surface area (Å²) < 4.78 is 47.0. The maximum Gasteiger partial charge on any atom is 0.405 e. The highest BCUT2D eigenvalue weighted by molar-refractivity contribution is 7.15. The fourth-order valence-corrected chi connectivity index (χ4v) is 6.97. The standard InChI is InChI=1S/C30H34F3N3O5S/c1-18-3-5-19(6-4-18)27(38)36(20-7-9-21(10-8-20)41-25-12-11-24(37)34-35-25)23-17-22(42-26(23)28(39)40)13-16-29(14-2-15-29)30(31,32)33/h11-12,17-21H,2-10,14-15H2,1H3,(H,34,37)(H,39,40)/t18-,19-,20-,21-. The number of halogens is 3. The van der Waals surface area contributed by atoms with Crippen LogP contribution < -0.4 is 9.64 Å². The average molecular weight is 606 g/mol. The molecule has 8 nitrogen and oxygen atoms in total. The zero-order valence-corrected chi connectivity index (χ0v) is 24.1. The van der Waals surface area contributed by atoms with Crippen molar-refractivity contribution in [2.75, 3.05) is 4.90 Å². The Balaban J connectivity index is 1.42. The first-order chi connectivity index (χ1) is 20.0. The smallest absolute Gasteiger partial charge is 0.405 e. The molecule has 2 aromatic heterocycles. The van der Waals surface area contributed by atoms with Crippen molar-refractivity contribution < 1.29 is 37.7 Å². The van der Waals surface area contributed by atoms with Crippen LogP contribution in [0.2, 0.25) is 0 Å². The Hall–Kier alpha value is -3.33. The third-order valence-corrected chi connectivity index (χ3v) is 9.89. The summed E-state index contributed by atoms with van der Waals surface area (Å²) >= 11 is 0.819. The Bertz CT molecular complexity index is 1350. The predicted molar refractivity (Wildman–Crippen MR) is 149 cm³/mol. The van der Waals surface area contributed by atoms with E-state index in [1.807, 2.05) is 0 Å². The molecule has 12 heteroatoms. The van der Waals surface area contributed by atoms with Gasteiger partial charge in [0.15, 0.2) is 0 Å². The van der Waals surface area contributed by atoms with Gasteiger partial charge in [-0.2, -0.15) is 13.2 Å². The molecule has 3 aliphatic carbocycles. The molecule has 42 heavy (non-hydrogen) atoms. The molecule has 226 valence electrons. The molecule has 0 radical (unpaired) electrons. The van der Waals surface area contributed by atoms with Crippen molar-refractivity contribution in [3.05, 3.63) is 28.0 Å². The Morgan fingerprint density at radius 3 is 2.31 bits per heavy atom.